The molecule has 0 N–H and O–H groups in total. The summed E-state index contributed by atoms with van der Waals surface area (Å²) in [6, 6.07) is 11.1. The van der Waals surface area contributed by atoms with Crippen molar-refractivity contribution in [2.24, 2.45) is 0 Å². The van der Waals surface area contributed by atoms with Gasteiger partial charge in [0.1, 0.15) is 5.69 Å². The zero-order valence-electron chi connectivity index (χ0n) is 13.1. The highest BCUT2D eigenvalue weighted by molar-refractivity contribution is 5.48. The molecule has 0 fully saturated rings. The maximum Gasteiger partial charge on any atom is 0.291 e. The molecule has 0 amide bonds. The van der Waals surface area contributed by atoms with Crippen molar-refractivity contribution in [3.8, 4) is 17.9 Å². The number of nitriles is 1. The molecule has 0 aliphatic rings. The molecule has 0 radical (unpaired) electrons. The third-order valence-corrected chi connectivity index (χ3v) is 3.47. The van der Waals surface area contributed by atoms with Gasteiger partial charge in [-0.3, -0.25) is 15.1 Å². The maximum absolute atomic E-state index is 10.9. The summed E-state index contributed by atoms with van der Waals surface area (Å²) in [5.74, 6) is 5.84. The molecule has 1 aromatic heterocycles. The van der Waals surface area contributed by atoms with E-state index in [-0.39, 0.29) is 5.69 Å². The van der Waals surface area contributed by atoms with E-state index in [4.69, 9.17) is 0 Å². The Morgan fingerprint density at radius 3 is 2.57 bits per heavy atom. The Labute approximate surface area is 134 Å². The number of rotatable bonds is 2. The molecule has 5 nitrogen and oxygen atoms in total. The lowest BCUT2D eigenvalue weighted by atomic mass is 9.85. The minimum Gasteiger partial charge on any atom is -0.258 e. The van der Waals surface area contributed by atoms with E-state index < -0.39 is 10.3 Å². The molecular weight excluding hydrogens is 290 g/mol. The van der Waals surface area contributed by atoms with E-state index in [2.05, 4.69) is 22.9 Å². The SMILES string of the molecule is Cc1ncc(C#Cc2cccc(C(C)(C)C#N)c2)cc1[N+](=O)[O-]. The fraction of sp³-hybridized carbons (Fsp3) is 0.222. The molecule has 0 atom stereocenters. The van der Waals surface area contributed by atoms with Crippen LogP contribution in [0.1, 0.15) is 36.2 Å². The van der Waals surface area contributed by atoms with Crippen LogP contribution in [0.25, 0.3) is 0 Å². The van der Waals surface area contributed by atoms with E-state index in [0.717, 1.165) is 11.1 Å². The van der Waals surface area contributed by atoms with E-state index in [0.29, 0.717) is 11.3 Å². The Bertz CT molecular complexity index is 868. The van der Waals surface area contributed by atoms with Gasteiger partial charge in [-0.2, -0.15) is 5.26 Å². The Hall–Kier alpha value is -3.18. The Morgan fingerprint density at radius 1 is 1.22 bits per heavy atom. The van der Waals surface area contributed by atoms with E-state index >= 15 is 0 Å². The van der Waals surface area contributed by atoms with Gasteiger partial charge in [-0.25, -0.2) is 0 Å². The van der Waals surface area contributed by atoms with Crippen molar-refractivity contribution in [3.05, 3.63) is 69.0 Å². The average molecular weight is 305 g/mol. The molecule has 0 saturated carbocycles. The Kier molecular flexibility index (Phi) is 4.43. The van der Waals surface area contributed by atoms with Crippen LogP contribution in [0.4, 0.5) is 5.69 Å². The standard InChI is InChI=1S/C18H15N3O2/c1-13-17(21(22)23)10-15(11-20-13)8-7-14-5-4-6-16(9-14)18(2,3)12-19/h4-6,9-11H,1-3H3. The highest BCUT2D eigenvalue weighted by Crippen LogP contribution is 2.22. The van der Waals surface area contributed by atoms with E-state index in [1.165, 1.54) is 12.3 Å². The van der Waals surface area contributed by atoms with Crippen molar-refractivity contribution in [2.45, 2.75) is 26.2 Å². The van der Waals surface area contributed by atoms with Gasteiger partial charge in [0.15, 0.2) is 0 Å². The zero-order valence-corrected chi connectivity index (χ0v) is 13.1. The predicted octanol–water partition coefficient (Wildman–Crippen LogP) is 3.50. The molecule has 0 bridgehead atoms. The molecular formula is C18H15N3O2. The number of aromatic nitrogens is 1. The zero-order chi connectivity index (χ0) is 17.0. The highest BCUT2D eigenvalue weighted by atomic mass is 16.6. The number of hydrogen-bond donors (Lipinski definition) is 0. The third-order valence-electron chi connectivity index (χ3n) is 3.47. The quantitative estimate of drug-likeness (QED) is 0.483. The number of nitrogens with zero attached hydrogens (tertiary/aromatic N) is 3. The first-order chi connectivity index (χ1) is 10.8. The summed E-state index contributed by atoms with van der Waals surface area (Å²) in [6.45, 7) is 5.27. The topological polar surface area (TPSA) is 79.8 Å². The van der Waals surface area contributed by atoms with Crippen molar-refractivity contribution in [1.29, 1.82) is 5.26 Å². The number of nitro groups is 1. The summed E-state index contributed by atoms with van der Waals surface area (Å²) in [5, 5.41) is 20.1. The fourth-order valence-electron chi connectivity index (χ4n) is 1.97. The summed E-state index contributed by atoms with van der Waals surface area (Å²) in [6.07, 6.45) is 1.51. The average Bonchev–Trinajstić information content (AvgIpc) is 2.54. The number of aryl methyl sites for hydroxylation is 1. The van der Waals surface area contributed by atoms with Crippen molar-refractivity contribution >= 4 is 5.69 Å². The second-order valence-corrected chi connectivity index (χ2v) is 5.65. The molecule has 0 spiro atoms. The molecule has 23 heavy (non-hydrogen) atoms. The molecule has 1 heterocycles. The summed E-state index contributed by atoms with van der Waals surface area (Å²) in [7, 11) is 0. The number of hydrogen-bond acceptors (Lipinski definition) is 4. The van der Waals surface area contributed by atoms with Crippen molar-refractivity contribution in [1.82, 2.24) is 4.98 Å². The van der Waals surface area contributed by atoms with Crippen molar-refractivity contribution in [2.75, 3.05) is 0 Å². The van der Waals surface area contributed by atoms with Gasteiger partial charge in [-0.1, -0.05) is 24.0 Å². The first kappa shape index (κ1) is 16.2. The van der Waals surface area contributed by atoms with E-state index in [9.17, 15) is 15.4 Å². The first-order valence-electron chi connectivity index (χ1n) is 6.98. The van der Waals surface area contributed by atoms with Crippen molar-refractivity contribution in [3.63, 3.8) is 0 Å². The van der Waals surface area contributed by atoms with Crippen LogP contribution in [-0.4, -0.2) is 9.91 Å². The van der Waals surface area contributed by atoms with Crippen LogP contribution in [0.15, 0.2) is 36.5 Å². The van der Waals surface area contributed by atoms with Crippen LogP contribution < -0.4 is 0 Å². The second-order valence-electron chi connectivity index (χ2n) is 5.65. The molecule has 5 heteroatoms. The molecule has 2 aromatic rings. The largest absolute Gasteiger partial charge is 0.291 e. The van der Waals surface area contributed by atoms with Gasteiger partial charge in [0.25, 0.3) is 5.69 Å². The normalized spacial score (nSPS) is 10.3. The molecule has 0 unspecified atom stereocenters. The first-order valence-corrected chi connectivity index (χ1v) is 6.98. The van der Waals surface area contributed by atoms with Crippen molar-refractivity contribution < 1.29 is 4.92 Å². The number of benzene rings is 1. The molecule has 0 aliphatic heterocycles. The molecule has 2 rings (SSSR count). The van der Waals surface area contributed by atoms with Gasteiger partial charge in [0.2, 0.25) is 0 Å². The van der Waals surface area contributed by atoms with Gasteiger partial charge in [-0.05, 0) is 38.5 Å². The lowest BCUT2D eigenvalue weighted by Gasteiger charge is -2.15. The smallest absolute Gasteiger partial charge is 0.258 e. The minimum atomic E-state index is -0.595. The summed E-state index contributed by atoms with van der Waals surface area (Å²) >= 11 is 0. The van der Waals surface area contributed by atoms with Crippen LogP contribution in [0.3, 0.4) is 0 Å². The second kappa shape index (κ2) is 6.29. The Balaban J connectivity index is 2.37. The lowest BCUT2D eigenvalue weighted by molar-refractivity contribution is -0.385. The van der Waals surface area contributed by atoms with Crippen LogP contribution in [0.2, 0.25) is 0 Å². The summed E-state index contributed by atoms with van der Waals surface area (Å²) < 4.78 is 0. The molecule has 0 saturated heterocycles. The summed E-state index contributed by atoms with van der Waals surface area (Å²) in [5.41, 5.74) is 1.82. The third kappa shape index (κ3) is 3.72. The summed E-state index contributed by atoms with van der Waals surface area (Å²) in [4.78, 5) is 14.4. The van der Waals surface area contributed by atoms with Crippen LogP contribution in [0, 0.1) is 40.2 Å². The molecule has 0 aliphatic carbocycles. The lowest BCUT2D eigenvalue weighted by Crippen LogP contribution is -2.13. The number of pyridine rings is 1. The van der Waals surface area contributed by atoms with E-state index in [1.54, 1.807) is 6.92 Å². The predicted molar refractivity (Wildman–Crippen MR) is 86.7 cm³/mol. The van der Waals surface area contributed by atoms with Gasteiger partial charge < -0.3 is 0 Å². The minimum absolute atomic E-state index is 0.0452. The molecule has 1 aromatic carbocycles. The molecule has 114 valence electrons. The monoisotopic (exact) mass is 305 g/mol. The van der Waals surface area contributed by atoms with E-state index in [1.807, 2.05) is 38.1 Å². The van der Waals surface area contributed by atoms with Gasteiger partial charge >= 0.3 is 0 Å². The van der Waals surface area contributed by atoms with Crippen LogP contribution >= 0.6 is 0 Å². The van der Waals surface area contributed by atoms with Gasteiger partial charge in [0, 0.05) is 17.8 Å². The Morgan fingerprint density at radius 2 is 1.91 bits per heavy atom. The van der Waals surface area contributed by atoms with Crippen LogP contribution in [0.5, 0.6) is 0 Å². The van der Waals surface area contributed by atoms with Gasteiger partial charge in [-0.15, -0.1) is 0 Å². The fourth-order valence-corrected chi connectivity index (χ4v) is 1.97. The highest BCUT2D eigenvalue weighted by Gasteiger charge is 2.19. The van der Waals surface area contributed by atoms with Crippen LogP contribution in [-0.2, 0) is 5.41 Å². The van der Waals surface area contributed by atoms with Gasteiger partial charge in [0.05, 0.1) is 22.0 Å². The maximum atomic E-state index is 10.9.